The lowest BCUT2D eigenvalue weighted by Crippen LogP contribution is -2.14. The van der Waals surface area contributed by atoms with Crippen molar-refractivity contribution in [2.24, 2.45) is 0 Å². The molecule has 0 heterocycles. The molecular weight excluding hydrogens is 246 g/mol. The van der Waals surface area contributed by atoms with Gasteiger partial charge in [-0.15, -0.1) is 0 Å². The summed E-state index contributed by atoms with van der Waals surface area (Å²) in [6.45, 7) is 0. The summed E-state index contributed by atoms with van der Waals surface area (Å²) in [5, 5.41) is 9.50. The monoisotopic (exact) mass is 259 g/mol. The lowest BCUT2D eigenvalue weighted by molar-refractivity contribution is -0.150. The molecule has 1 aromatic carbocycles. The zero-order valence-corrected chi connectivity index (χ0v) is 10.2. The minimum absolute atomic E-state index is 0.330. The number of anilines is 1. The number of methoxy groups -OCH3 is 1. The van der Waals surface area contributed by atoms with Gasteiger partial charge < -0.3 is 9.84 Å². The smallest absolute Gasteiger partial charge is 0.339 e. The van der Waals surface area contributed by atoms with E-state index in [9.17, 15) is 18.3 Å². The van der Waals surface area contributed by atoms with E-state index in [4.69, 9.17) is 0 Å². The second-order valence-electron chi connectivity index (χ2n) is 3.42. The molecule has 2 N–H and O–H groups in total. The minimum Gasteiger partial charge on any atom is -0.467 e. The Morgan fingerprint density at radius 3 is 2.29 bits per heavy atom. The molecule has 1 unspecified atom stereocenters. The Kier molecular flexibility index (Phi) is 4.08. The predicted molar refractivity (Wildman–Crippen MR) is 61.9 cm³/mol. The van der Waals surface area contributed by atoms with Gasteiger partial charge in [0.05, 0.1) is 13.4 Å². The molecule has 0 bridgehead atoms. The van der Waals surface area contributed by atoms with E-state index in [1.54, 1.807) is 0 Å². The number of rotatable bonds is 4. The molecule has 1 aromatic rings. The summed E-state index contributed by atoms with van der Waals surface area (Å²) in [5.41, 5.74) is 0.684. The minimum atomic E-state index is -3.34. The number of benzene rings is 1. The Morgan fingerprint density at radius 1 is 1.35 bits per heavy atom. The molecule has 1 atom stereocenters. The van der Waals surface area contributed by atoms with Gasteiger partial charge in [0.15, 0.2) is 6.10 Å². The van der Waals surface area contributed by atoms with Crippen molar-refractivity contribution < 1.29 is 23.1 Å². The Bertz CT molecular complexity index is 494. The van der Waals surface area contributed by atoms with Crippen LogP contribution in [0.3, 0.4) is 0 Å². The van der Waals surface area contributed by atoms with E-state index in [1.165, 1.54) is 31.4 Å². The van der Waals surface area contributed by atoms with Crippen LogP contribution < -0.4 is 4.72 Å². The van der Waals surface area contributed by atoms with Crippen molar-refractivity contribution in [3.05, 3.63) is 29.8 Å². The summed E-state index contributed by atoms with van der Waals surface area (Å²) >= 11 is 0. The number of aliphatic hydroxyl groups is 1. The van der Waals surface area contributed by atoms with E-state index < -0.39 is 22.1 Å². The Labute approximate surface area is 99.3 Å². The van der Waals surface area contributed by atoms with Crippen molar-refractivity contribution in [2.45, 2.75) is 6.10 Å². The van der Waals surface area contributed by atoms with Crippen molar-refractivity contribution in [1.82, 2.24) is 0 Å². The van der Waals surface area contributed by atoms with Crippen LogP contribution in [0.5, 0.6) is 0 Å². The van der Waals surface area contributed by atoms with Gasteiger partial charge in [-0.05, 0) is 17.7 Å². The van der Waals surface area contributed by atoms with E-state index in [0.29, 0.717) is 11.3 Å². The Morgan fingerprint density at radius 2 is 1.88 bits per heavy atom. The molecule has 6 nitrogen and oxygen atoms in total. The molecule has 17 heavy (non-hydrogen) atoms. The maximum atomic E-state index is 11.0. The standard InChI is InChI=1S/C10H13NO5S/c1-16-10(13)9(12)7-3-5-8(6-4-7)11-17(2,14)15/h3-6,9,11-12H,1-2H3. The number of hydrogen-bond donors (Lipinski definition) is 2. The molecule has 0 radical (unpaired) electrons. The summed E-state index contributed by atoms with van der Waals surface area (Å²) in [6.07, 6.45) is -0.336. The maximum Gasteiger partial charge on any atom is 0.339 e. The lowest BCUT2D eigenvalue weighted by Gasteiger charge is -2.09. The van der Waals surface area contributed by atoms with Crippen LogP contribution in [0.4, 0.5) is 5.69 Å². The second kappa shape index (κ2) is 5.15. The van der Waals surface area contributed by atoms with Gasteiger partial charge >= 0.3 is 5.97 Å². The van der Waals surface area contributed by atoms with E-state index in [-0.39, 0.29) is 0 Å². The van der Waals surface area contributed by atoms with Crippen LogP contribution in [0.1, 0.15) is 11.7 Å². The molecule has 7 heteroatoms. The first-order chi connectivity index (χ1) is 7.83. The molecule has 0 fully saturated rings. The number of nitrogens with one attached hydrogen (secondary N) is 1. The third-order valence-corrected chi connectivity index (χ3v) is 2.56. The average molecular weight is 259 g/mol. The van der Waals surface area contributed by atoms with Crippen LogP contribution in [0.2, 0.25) is 0 Å². The second-order valence-corrected chi connectivity index (χ2v) is 5.17. The third-order valence-electron chi connectivity index (χ3n) is 1.95. The number of hydrogen-bond acceptors (Lipinski definition) is 5. The highest BCUT2D eigenvalue weighted by Crippen LogP contribution is 2.17. The fraction of sp³-hybridized carbons (Fsp3) is 0.300. The topological polar surface area (TPSA) is 92.7 Å². The van der Waals surface area contributed by atoms with Crippen molar-refractivity contribution >= 4 is 21.7 Å². The van der Waals surface area contributed by atoms with Gasteiger partial charge in [-0.2, -0.15) is 0 Å². The predicted octanol–water partition coefficient (Wildman–Crippen LogP) is 0.264. The number of aliphatic hydroxyl groups excluding tert-OH is 1. The number of carbonyl (C=O) groups excluding carboxylic acids is 1. The number of sulfonamides is 1. The van der Waals surface area contributed by atoms with Crippen LogP contribution in [0.15, 0.2) is 24.3 Å². The SMILES string of the molecule is COC(=O)C(O)c1ccc(NS(C)(=O)=O)cc1. The molecule has 0 aliphatic carbocycles. The van der Waals surface area contributed by atoms with Crippen LogP contribution >= 0.6 is 0 Å². The van der Waals surface area contributed by atoms with Crippen molar-refractivity contribution in [3.63, 3.8) is 0 Å². The van der Waals surface area contributed by atoms with Crippen LogP contribution in [0.25, 0.3) is 0 Å². The molecule has 0 spiro atoms. The van der Waals surface area contributed by atoms with E-state index in [1.807, 2.05) is 0 Å². The first kappa shape index (κ1) is 13.5. The van der Waals surface area contributed by atoms with Gasteiger partial charge in [-0.3, -0.25) is 4.72 Å². The molecule has 0 aliphatic rings. The average Bonchev–Trinajstić information content (AvgIpc) is 2.26. The first-order valence-electron chi connectivity index (χ1n) is 4.67. The molecule has 1 rings (SSSR count). The summed E-state index contributed by atoms with van der Waals surface area (Å²) in [4.78, 5) is 11.0. The molecule has 0 saturated heterocycles. The Balaban J connectivity index is 2.85. The van der Waals surface area contributed by atoms with Gasteiger partial charge in [0.2, 0.25) is 10.0 Å². The summed E-state index contributed by atoms with van der Waals surface area (Å²) in [6, 6.07) is 5.77. The first-order valence-corrected chi connectivity index (χ1v) is 6.56. The highest BCUT2D eigenvalue weighted by Gasteiger charge is 2.17. The fourth-order valence-corrected chi connectivity index (χ4v) is 1.76. The highest BCUT2D eigenvalue weighted by molar-refractivity contribution is 7.92. The molecular formula is C10H13NO5S. The van der Waals surface area contributed by atoms with E-state index in [2.05, 4.69) is 9.46 Å². The maximum absolute atomic E-state index is 11.0. The van der Waals surface area contributed by atoms with E-state index >= 15 is 0 Å². The molecule has 0 amide bonds. The molecule has 94 valence electrons. The fourth-order valence-electron chi connectivity index (χ4n) is 1.20. The van der Waals surface area contributed by atoms with Gasteiger partial charge in [0, 0.05) is 5.69 Å². The van der Waals surface area contributed by atoms with Crippen molar-refractivity contribution in [2.75, 3.05) is 18.1 Å². The quantitative estimate of drug-likeness (QED) is 0.757. The van der Waals surface area contributed by atoms with Crippen molar-refractivity contribution in [3.8, 4) is 0 Å². The summed E-state index contributed by atoms with van der Waals surface area (Å²) in [5.74, 6) is -0.770. The van der Waals surface area contributed by atoms with Gasteiger partial charge in [0.1, 0.15) is 0 Å². The van der Waals surface area contributed by atoms with Crippen molar-refractivity contribution in [1.29, 1.82) is 0 Å². The largest absolute Gasteiger partial charge is 0.467 e. The zero-order chi connectivity index (χ0) is 13.1. The van der Waals surface area contributed by atoms with Crippen LogP contribution in [-0.2, 0) is 19.6 Å². The Hall–Kier alpha value is -1.60. The van der Waals surface area contributed by atoms with Crippen LogP contribution in [0, 0.1) is 0 Å². The summed E-state index contributed by atoms with van der Waals surface area (Å²) < 4.78 is 28.5. The molecule has 0 aromatic heterocycles. The number of carbonyl (C=O) groups is 1. The van der Waals surface area contributed by atoms with Gasteiger partial charge in [-0.25, -0.2) is 13.2 Å². The number of ether oxygens (including phenoxy) is 1. The summed E-state index contributed by atoms with van der Waals surface area (Å²) in [7, 11) is -2.16. The van der Waals surface area contributed by atoms with Gasteiger partial charge in [-0.1, -0.05) is 12.1 Å². The van der Waals surface area contributed by atoms with Gasteiger partial charge in [0.25, 0.3) is 0 Å². The zero-order valence-electron chi connectivity index (χ0n) is 9.38. The third kappa shape index (κ3) is 4.04. The highest BCUT2D eigenvalue weighted by atomic mass is 32.2. The normalized spacial score (nSPS) is 12.9. The van der Waals surface area contributed by atoms with E-state index in [0.717, 1.165) is 6.26 Å². The lowest BCUT2D eigenvalue weighted by atomic mass is 10.1. The van der Waals surface area contributed by atoms with Crippen LogP contribution in [-0.4, -0.2) is 32.9 Å². The molecule has 0 saturated carbocycles. The molecule has 0 aliphatic heterocycles. The number of esters is 1.